The number of carbonyl (C=O) groups excluding carboxylic acids is 1. The molecular formula is C9H14O3. The topological polar surface area (TPSA) is 35.5 Å². The lowest BCUT2D eigenvalue weighted by molar-refractivity contribution is 0.110. The van der Waals surface area contributed by atoms with Gasteiger partial charge in [0.1, 0.15) is 12.2 Å². The number of fused-ring (bicyclic) bond motifs is 1. The Kier molecular flexibility index (Phi) is 1.95. The average molecular weight is 170 g/mol. The Labute approximate surface area is 72.0 Å². The van der Waals surface area contributed by atoms with Gasteiger partial charge in [-0.1, -0.05) is 13.3 Å². The molecule has 0 amide bonds. The average Bonchev–Trinajstić information content (AvgIpc) is 2.23. The number of ether oxygens (including phenoxy) is 2. The maximum Gasteiger partial charge on any atom is 0.509 e. The van der Waals surface area contributed by atoms with Gasteiger partial charge in [-0.05, 0) is 25.2 Å². The molecule has 0 bridgehead atoms. The third kappa shape index (κ3) is 1.40. The molecule has 3 nitrogen and oxygen atoms in total. The second kappa shape index (κ2) is 2.96. The SMILES string of the molecule is CC1CCCC2OC(=O)OC2C1. The molecule has 0 aromatic rings. The van der Waals surface area contributed by atoms with Gasteiger partial charge in [0.25, 0.3) is 0 Å². The quantitative estimate of drug-likeness (QED) is 0.522. The monoisotopic (exact) mass is 170 g/mol. The summed E-state index contributed by atoms with van der Waals surface area (Å²) < 4.78 is 10.1. The zero-order valence-electron chi connectivity index (χ0n) is 7.29. The van der Waals surface area contributed by atoms with Crippen molar-refractivity contribution in [1.82, 2.24) is 0 Å². The molecular weight excluding hydrogens is 156 g/mol. The highest BCUT2D eigenvalue weighted by Crippen LogP contribution is 2.31. The zero-order valence-corrected chi connectivity index (χ0v) is 7.29. The van der Waals surface area contributed by atoms with Crippen LogP contribution in [0.2, 0.25) is 0 Å². The Bertz CT molecular complexity index is 190. The molecule has 12 heavy (non-hydrogen) atoms. The molecule has 3 heteroatoms. The first-order chi connectivity index (χ1) is 5.75. The number of hydrogen-bond donors (Lipinski definition) is 0. The van der Waals surface area contributed by atoms with E-state index in [9.17, 15) is 4.79 Å². The van der Waals surface area contributed by atoms with Gasteiger partial charge in [-0.2, -0.15) is 0 Å². The van der Waals surface area contributed by atoms with E-state index in [2.05, 4.69) is 6.92 Å². The summed E-state index contributed by atoms with van der Waals surface area (Å²) in [6, 6.07) is 0. The summed E-state index contributed by atoms with van der Waals surface area (Å²) in [7, 11) is 0. The van der Waals surface area contributed by atoms with Crippen molar-refractivity contribution in [2.75, 3.05) is 0 Å². The summed E-state index contributed by atoms with van der Waals surface area (Å²) in [4.78, 5) is 10.8. The van der Waals surface area contributed by atoms with Gasteiger partial charge in [0.15, 0.2) is 0 Å². The molecule has 3 unspecified atom stereocenters. The summed E-state index contributed by atoms with van der Waals surface area (Å²) in [6.45, 7) is 2.20. The van der Waals surface area contributed by atoms with Crippen LogP contribution in [0.5, 0.6) is 0 Å². The predicted octanol–water partition coefficient (Wildman–Crippen LogP) is 2.10. The Morgan fingerprint density at radius 2 is 2.00 bits per heavy atom. The van der Waals surface area contributed by atoms with Crippen LogP contribution in [0.4, 0.5) is 4.79 Å². The lowest BCUT2D eigenvalue weighted by atomic mass is 10.0. The summed E-state index contributed by atoms with van der Waals surface area (Å²) >= 11 is 0. The largest absolute Gasteiger partial charge is 0.509 e. The normalized spacial score (nSPS) is 41.1. The van der Waals surface area contributed by atoms with Crippen molar-refractivity contribution >= 4 is 6.16 Å². The van der Waals surface area contributed by atoms with Crippen molar-refractivity contribution in [3.05, 3.63) is 0 Å². The van der Waals surface area contributed by atoms with Crippen molar-refractivity contribution in [3.8, 4) is 0 Å². The molecule has 2 aliphatic rings. The Balaban J connectivity index is 2.03. The second-order valence-corrected chi connectivity index (χ2v) is 3.83. The molecule has 0 radical (unpaired) electrons. The van der Waals surface area contributed by atoms with E-state index in [0.29, 0.717) is 5.92 Å². The fourth-order valence-electron chi connectivity index (χ4n) is 2.05. The molecule has 3 atom stereocenters. The summed E-state index contributed by atoms with van der Waals surface area (Å²) in [5.41, 5.74) is 0. The molecule has 2 fully saturated rings. The Morgan fingerprint density at radius 1 is 1.25 bits per heavy atom. The summed E-state index contributed by atoms with van der Waals surface area (Å²) in [6.07, 6.45) is 3.93. The molecule has 0 aromatic carbocycles. The van der Waals surface area contributed by atoms with Crippen molar-refractivity contribution in [3.63, 3.8) is 0 Å². The van der Waals surface area contributed by atoms with Crippen LogP contribution >= 0.6 is 0 Å². The van der Waals surface area contributed by atoms with Crippen molar-refractivity contribution in [2.24, 2.45) is 5.92 Å². The molecule has 1 aliphatic carbocycles. The fourth-order valence-corrected chi connectivity index (χ4v) is 2.05. The first-order valence-corrected chi connectivity index (χ1v) is 4.63. The molecule has 68 valence electrons. The lowest BCUT2D eigenvalue weighted by Gasteiger charge is -2.12. The number of hydrogen-bond acceptors (Lipinski definition) is 3. The number of rotatable bonds is 0. The first-order valence-electron chi connectivity index (χ1n) is 4.63. The van der Waals surface area contributed by atoms with Crippen LogP contribution in [0.15, 0.2) is 0 Å². The van der Waals surface area contributed by atoms with E-state index in [1.807, 2.05) is 0 Å². The van der Waals surface area contributed by atoms with Gasteiger partial charge in [-0.15, -0.1) is 0 Å². The van der Waals surface area contributed by atoms with E-state index in [0.717, 1.165) is 19.3 Å². The summed E-state index contributed by atoms with van der Waals surface area (Å²) in [5.74, 6) is 0.662. The zero-order chi connectivity index (χ0) is 8.55. The highest BCUT2D eigenvalue weighted by atomic mass is 16.8. The minimum Gasteiger partial charge on any atom is -0.427 e. The molecule has 1 aliphatic heterocycles. The van der Waals surface area contributed by atoms with Gasteiger partial charge < -0.3 is 9.47 Å². The molecule has 1 saturated heterocycles. The minimum atomic E-state index is -0.473. The molecule has 0 N–H and O–H groups in total. The molecule has 1 saturated carbocycles. The van der Waals surface area contributed by atoms with Crippen LogP contribution in [0, 0.1) is 5.92 Å². The van der Waals surface area contributed by atoms with Gasteiger partial charge in [0, 0.05) is 0 Å². The van der Waals surface area contributed by atoms with E-state index in [-0.39, 0.29) is 12.2 Å². The van der Waals surface area contributed by atoms with E-state index in [1.165, 1.54) is 6.42 Å². The van der Waals surface area contributed by atoms with Gasteiger partial charge >= 0.3 is 6.16 Å². The van der Waals surface area contributed by atoms with Crippen molar-refractivity contribution < 1.29 is 14.3 Å². The fraction of sp³-hybridized carbons (Fsp3) is 0.889. The van der Waals surface area contributed by atoms with E-state index in [1.54, 1.807) is 0 Å². The standard InChI is InChI=1S/C9H14O3/c1-6-3-2-4-7-8(5-6)12-9(10)11-7/h6-8H,2-5H2,1H3. The number of carbonyl (C=O) groups is 1. The molecule has 2 rings (SSSR count). The van der Waals surface area contributed by atoms with Crippen LogP contribution in [0.25, 0.3) is 0 Å². The van der Waals surface area contributed by atoms with Crippen LogP contribution in [0.1, 0.15) is 32.6 Å². The lowest BCUT2D eigenvalue weighted by Crippen LogP contribution is -2.21. The first kappa shape index (κ1) is 7.90. The van der Waals surface area contributed by atoms with Crippen molar-refractivity contribution in [1.29, 1.82) is 0 Å². The smallest absolute Gasteiger partial charge is 0.427 e. The highest BCUT2D eigenvalue weighted by molar-refractivity contribution is 5.62. The van der Waals surface area contributed by atoms with E-state index >= 15 is 0 Å². The van der Waals surface area contributed by atoms with Gasteiger partial charge in [0.2, 0.25) is 0 Å². The third-order valence-electron chi connectivity index (χ3n) is 2.73. The van der Waals surface area contributed by atoms with Crippen LogP contribution in [0.3, 0.4) is 0 Å². The van der Waals surface area contributed by atoms with Crippen LogP contribution < -0.4 is 0 Å². The Hall–Kier alpha value is -0.730. The maximum absolute atomic E-state index is 10.8. The third-order valence-corrected chi connectivity index (χ3v) is 2.73. The minimum absolute atomic E-state index is 0.0370. The maximum atomic E-state index is 10.8. The Morgan fingerprint density at radius 3 is 2.83 bits per heavy atom. The van der Waals surface area contributed by atoms with E-state index < -0.39 is 6.16 Å². The van der Waals surface area contributed by atoms with Gasteiger partial charge in [-0.3, -0.25) is 0 Å². The molecule has 1 heterocycles. The van der Waals surface area contributed by atoms with Crippen molar-refractivity contribution in [2.45, 2.75) is 44.8 Å². The second-order valence-electron chi connectivity index (χ2n) is 3.83. The van der Waals surface area contributed by atoms with Crippen LogP contribution in [-0.2, 0) is 9.47 Å². The highest BCUT2D eigenvalue weighted by Gasteiger charge is 2.38. The summed E-state index contributed by atoms with van der Waals surface area (Å²) in [5, 5.41) is 0. The molecule has 0 spiro atoms. The van der Waals surface area contributed by atoms with Crippen LogP contribution in [-0.4, -0.2) is 18.4 Å². The van der Waals surface area contributed by atoms with E-state index in [4.69, 9.17) is 9.47 Å². The predicted molar refractivity (Wildman–Crippen MR) is 42.8 cm³/mol. The molecule has 0 aromatic heterocycles. The van der Waals surface area contributed by atoms with Gasteiger partial charge in [-0.25, -0.2) is 4.79 Å². The van der Waals surface area contributed by atoms with Gasteiger partial charge in [0.05, 0.1) is 0 Å².